The summed E-state index contributed by atoms with van der Waals surface area (Å²) in [7, 11) is -3.12. The summed E-state index contributed by atoms with van der Waals surface area (Å²) in [4.78, 5) is 25.9. The van der Waals surface area contributed by atoms with Crippen molar-refractivity contribution in [2.24, 2.45) is 0 Å². The number of rotatable bonds is 5. The van der Waals surface area contributed by atoms with Crippen molar-refractivity contribution in [2.45, 2.75) is 39.3 Å². The lowest BCUT2D eigenvalue weighted by Gasteiger charge is -2.26. The van der Waals surface area contributed by atoms with Gasteiger partial charge in [0.15, 0.2) is 9.84 Å². The zero-order valence-electron chi connectivity index (χ0n) is 14.7. The monoisotopic (exact) mass is 368 g/mol. The van der Waals surface area contributed by atoms with E-state index < -0.39 is 27.7 Å². The SMILES string of the molecule is CCN(C(=O)C(=O)Nc1ccc(OC(C)C)cc1)C1CCS(=O)(=O)C1. The Morgan fingerprint density at radius 1 is 1.28 bits per heavy atom. The van der Waals surface area contributed by atoms with Gasteiger partial charge in [-0.05, 0) is 51.5 Å². The number of likely N-dealkylation sites (N-methyl/N-ethyl adjacent to an activating group) is 1. The first-order chi connectivity index (χ1) is 11.7. The summed E-state index contributed by atoms with van der Waals surface area (Å²) < 4.78 is 28.7. The zero-order chi connectivity index (χ0) is 18.6. The highest BCUT2D eigenvalue weighted by Crippen LogP contribution is 2.19. The molecule has 25 heavy (non-hydrogen) atoms. The third kappa shape index (κ3) is 5.19. The van der Waals surface area contributed by atoms with E-state index in [4.69, 9.17) is 4.74 Å². The molecule has 0 aromatic heterocycles. The molecule has 0 radical (unpaired) electrons. The van der Waals surface area contributed by atoms with Crippen molar-refractivity contribution < 1.29 is 22.7 Å². The molecule has 8 heteroatoms. The maximum Gasteiger partial charge on any atom is 0.313 e. The molecule has 138 valence electrons. The predicted molar refractivity (Wildman–Crippen MR) is 95.3 cm³/mol. The molecule has 1 unspecified atom stereocenters. The van der Waals surface area contributed by atoms with Crippen molar-refractivity contribution >= 4 is 27.3 Å². The van der Waals surface area contributed by atoms with Crippen LogP contribution in [0.1, 0.15) is 27.2 Å². The van der Waals surface area contributed by atoms with Crippen molar-refractivity contribution in [1.82, 2.24) is 4.90 Å². The van der Waals surface area contributed by atoms with Gasteiger partial charge in [0.1, 0.15) is 5.75 Å². The van der Waals surface area contributed by atoms with E-state index in [2.05, 4.69) is 5.32 Å². The van der Waals surface area contributed by atoms with Crippen molar-refractivity contribution in [3.8, 4) is 5.75 Å². The minimum atomic E-state index is -3.12. The lowest BCUT2D eigenvalue weighted by Crippen LogP contribution is -2.46. The van der Waals surface area contributed by atoms with Crippen molar-refractivity contribution in [1.29, 1.82) is 0 Å². The number of nitrogens with zero attached hydrogens (tertiary/aromatic N) is 1. The molecule has 1 heterocycles. The van der Waals surface area contributed by atoms with Gasteiger partial charge in [-0.1, -0.05) is 0 Å². The quantitative estimate of drug-likeness (QED) is 0.794. The highest BCUT2D eigenvalue weighted by atomic mass is 32.2. The van der Waals surface area contributed by atoms with Gasteiger partial charge in [-0.15, -0.1) is 0 Å². The first-order valence-electron chi connectivity index (χ1n) is 8.31. The van der Waals surface area contributed by atoms with Crippen LogP contribution >= 0.6 is 0 Å². The molecule has 1 aromatic carbocycles. The number of hydrogen-bond acceptors (Lipinski definition) is 5. The average molecular weight is 368 g/mol. The van der Waals surface area contributed by atoms with E-state index in [-0.39, 0.29) is 24.2 Å². The molecule has 1 N–H and O–H groups in total. The van der Waals surface area contributed by atoms with Gasteiger partial charge in [-0.25, -0.2) is 8.42 Å². The van der Waals surface area contributed by atoms with Gasteiger partial charge in [0.2, 0.25) is 0 Å². The molecule has 7 nitrogen and oxygen atoms in total. The van der Waals surface area contributed by atoms with Crippen LogP contribution in [0.5, 0.6) is 5.75 Å². The Balaban J connectivity index is 2.00. The van der Waals surface area contributed by atoms with Crippen molar-refractivity contribution in [3.05, 3.63) is 24.3 Å². The molecule has 1 aliphatic heterocycles. The number of carbonyl (C=O) groups excluding carboxylic acids is 2. The molecule has 1 aliphatic rings. The van der Waals surface area contributed by atoms with Crippen LogP contribution in [0.15, 0.2) is 24.3 Å². The minimum Gasteiger partial charge on any atom is -0.491 e. The van der Waals surface area contributed by atoms with Gasteiger partial charge in [0.25, 0.3) is 0 Å². The summed E-state index contributed by atoms with van der Waals surface area (Å²) in [6, 6.07) is 6.29. The third-order valence-corrected chi connectivity index (χ3v) is 5.68. The number of carbonyl (C=O) groups is 2. The topological polar surface area (TPSA) is 92.8 Å². The van der Waals surface area contributed by atoms with Crippen LogP contribution in [0.4, 0.5) is 5.69 Å². The number of anilines is 1. The molecule has 1 fully saturated rings. The third-order valence-electron chi connectivity index (χ3n) is 3.93. The van der Waals surface area contributed by atoms with E-state index in [1.807, 2.05) is 13.8 Å². The van der Waals surface area contributed by atoms with E-state index in [9.17, 15) is 18.0 Å². The Labute approximate surface area is 148 Å². The summed E-state index contributed by atoms with van der Waals surface area (Å²) in [5.74, 6) is -0.844. The van der Waals surface area contributed by atoms with Gasteiger partial charge in [-0.2, -0.15) is 0 Å². The lowest BCUT2D eigenvalue weighted by molar-refractivity contribution is -0.144. The van der Waals surface area contributed by atoms with E-state index in [0.717, 1.165) is 0 Å². The fourth-order valence-corrected chi connectivity index (χ4v) is 4.52. The summed E-state index contributed by atoms with van der Waals surface area (Å²) in [5.41, 5.74) is 0.476. The van der Waals surface area contributed by atoms with Gasteiger partial charge in [0, 0.05) is 18.3 Å². The van der Waals surface area contributed by atoms with E-state index >= 15 is 0 Å². The van der Waals surface area contributed by atoms with E-state index in [0.29, 0.717) is 17.9 Å². The molecule has 1 aromatic rings. The van der Waals surface area contributed by atoms with Gasteiger partial charge >= 0.3 is 11.8 Å². The maximum absolute atomic E-state index is 12.4. The van der Waals surface area contributed by atoms with E-state index in [1.165, 1.54) is 4.90 Å². The number of hydrogen-bond donors (Lipinski definition) is 1. The molecule has 2 amide bonds. The molecule has 1 saturated heterocycles. The molecule has 2 rings (SSSR count). The van der Waals surface area contributed by atoms with Crippen molar-refractivity contribution in [2.75, 3.05) is 23.4 Å². The smallest absolute Gasteiger partial charge is 0.313 e. The van der Waals surface area contributed by atoms with Gasteiger partial charge in [-0.3, -0.25) is 9.59 Å². The second-order valence-electron chi connectivity index (χ2n) is 6.29. The first kappa shape index (κ1) is 19.2. The van der Waals surface area contributed by atoms with Crippen LogP contribution in [-0.4, -0.2) is 55.3 Å². The van der Waals surface area contributed by atoms with Crippen LogP contribution < -0.4 is 10.1 Å². The molecular weight excluding hydrogens is 344 g/mol. The van der Waals surface area contributed by atoms with Gasteiger partial charge < -0.3 is 15.0 Å². The normalized spacial score (nSPS) is 18.8. The Morgan fingerprint density at radius 2 is 1.92 bits per heavy atom. The highest BCUT2D eigenvalue weighted by Gasteiger charge is 2.35. The molecular formula is C17H24N2O5S. The molecule has 0 saturated carbocycles. The lowest BCUT2D eigenvalue weighted by atomic mass is 10.2. The maximum atomic E-state index is 12.4. The summed E-state index contributed by atoms with van der Waals surface area (Å²) in [5, 5.41) is 2.55. The molecule has 0 aliphatic carbocycles. The number of amides is 2. The molecule has 0 bridgehead atoms. The molecule has 0 spiro atoms. The Hall–Kier alpha value is -2.09. The van der Waals surface area contributed by atoms with Crippen LogP contribution in [-0.2, 0) is 19.4 Å². The second kappa shape index (κ2) is 7.86. The summed E-state index contributed by atoms with van der Waals surface area (Å²) in [6.07, 6.45) is 0.416. The van der Waals surface area contributed by atoms with Crippen molar-refractivity contribution in [3.63, 3.8) is 0 Å². The average Bonchev–Trinajstić information content (AvgIpc) is 2.89. The zero-order valence-corrected chi connectivity index (χ0v) is 15.5. The summed E-state index contributed by atoms with van der Waals surface area (Å²) in [6.45, 7) is 5.84. The standard InChI is InChI=1S/C17H24N2O5S/c1-4-19(14-9-10-25(22,23)11-14)17(21)16(20)18-13-5-7-15(8-6-13)24-12(2)3/h5-8,12,14H,4,9-11H2,1-3H3,(H,18,20). The highest BCUT2D eigenvalue weighted by molar-refractivity contribution is 7.91. The van der Waals surface area contributed by atoms with Crippen LogP contribution in [0, 0.1) is 0 Å². The van der Waals surface area contributed by atoms with Crippen LogP contribution in [0.2, 0.25) is 0 Å². The largest absolute Gasteiger partial charge is 0.491 e. The predicted octanol–water partition coefficient (Wildman–Crippen LogP) is 1.45. The van der Waals surface area contributed by atoms with Crippen LogP contribution in [0.3, 0.4) is 0 Å². The first-order valence-corrected chi connectivity index (χ1v) is 10.1. The van der Waals surface area contributed by atoms with Crippen LogP contribution in [0.25, 0.3) is 0 Å². The second-order valence-corrected chi connectivity index (χ2v) is 8.52. The number of benzene rings is 1. The number of sulfone groups is 1. The Bertz CT molecular complexity index is 728. The fourth-order valence-electron chi connectivity index (χ4n) is 2.79. The van der Waals surface area contributed by atoms with Gasteiger partial charge in [0.05, 0.1) is 17.6 Å². The number of nitrogens with one attached hydrogen (secondary N) is 1. The fraction of sp³-hybridized carbons (Fsp3) is 0.529. The Kier molecular flexibility index (Phi) is 6.05. The Morgan fingerprint density at radius 3 is 2.40 bits per heavy atom. The minimum absolute atomic E-state index is 0.0443. The summed E-state index contributed by atoms with van der Waals surface area (Å²) >= 11 is 0. The molecule has 1 atom stereocenters. The number of ether oxygens (including phenoxy) is 1. The van der Waals surface area contributed by atoms with E-state index in [1.54, 1.807) is 31.2 Å².